The van der Waals surface area contributed by atoms with Crippen LogP contribution in [0.2, 0.25) is 0 Å². The van der Waals surface area contributed by atoms with Crippen LogP contribution in [0.1, 0.15) is 12.8 Å². The van der Waals surface area contributed by atoms with Crippen LogP contribution in [-0.2, 0) is 14.2 Å². The maximum Gasteiger partial charge on any atom is 0.237 e. The minimum absolute atomic E-state index is 0.261. The fraction of sp³-hybridized carbons (Fsp3) is 0.750. The highest BCUT2D eigenvalue weighted by Crippen LogP contribution is 1.98. The third kappa shape index (κ3) is 10.9. The van der Waals surface area contributed by atoms with E-state index in [1.54, 1.807) is 0 Å². The van der Waals surface area contributed by atoms with E-state index in [1.807, 2.05) is 12.1 Å². The molecule has 0 bridgehead atoms. The van der Waals surface area contributed by atoms with Gasteiger partial charge in [0.05, 0.1) is 51.4 Å². The number of nitrogens with zero attached hydrogens (tertiary/aromatic N) is 3. The zero-order valence-corrected chi connectivity index (χ0v) is 10.3. The summed E-state index contributed by atoms with van der Waals surface area (Å²) in [5.41, 5.74) is 0. The van der Waals surface area contributed by atoms with Crippen molar-refractivity contribution in [2.75, 3.05) is 39.6 Å². The molecule has 6 heteroatoms. The average Bonchev–Trinajstić information content (AvgIpc) is 2.39. The molecule has 1 atom stereocenters. The Morgan fingerprint density at radius 1 is 1.00 bits per heavy atom. The maximum atomic E-state index is 8.41. The quantitative estimate of drug-likeness (QED) is 0.406. The monoisotopic (exact) mass is 251 g/mol. The normalized spacial score (nSPS) is 11.2. The topological polar surface area (TPSA) is 79.6 Å². The standard InChI is InChI=1S/C12H17N3O3/c1-15-6-9-17-11-12(18-8-3-5-14)10-16-7-2-4-13/h12H,2-3,6-11H2. The first-order valence-electron chi connectivity index (χ1n) is 5.69. The molecule has 0 heterocycles. The van der Waals surface area contributed by atoms with Gasteiger partial charge >= 0.3 is 0 Å². The van der Waals surface area contributed by atoms with Crippen molar-refractivity contribution in [1.82, 2.24) is 0 Å². The summed E-state index contributed by atoms with van der Waals surface area (Å²) >= 11 is 0. The fourth-order valence-corrected chi connectivity index (χ4v) is 1.07. The van der Waals surface area contributed by atoms with E-state index in [9.17, 15) is 0 Å². The van der Waals surface area contributed by atoms with E-state index in [4.69, 9.17) is 31.3 Å². The van der Waals surface area contributed by atoms with E-state index in [-0.39, 0.29) is 6.10 Å². The molecular formula is C12H17N3O3. The second-order valence-electron chi connectivity index (χ2n) is 3.34. The van der Waals surface area contributed by atoms with Crippen molar-refractivity contribution in [1.29, 1.82) is 10.5 Å². The van der Waals surface area contributed by atoms with Gasteiger partial charge in [0.15, 0.2) is 0 Å². The summed E-state index contributed by atoms with van der Waals surface area (Å²) in [5, 5.41) is 16.8. The largest absolute Gasteiger partial charge is 0.378 e. The van der Waals surface area contributed by atoms with Crippen LogP contribution >= 0.6 is 0 Å². The van der Waals surface area contributed by atoms with Gasteiger partial charge in [-0.05, 0) is 0 Å². The van der Waals surface area contributed by atoms with Gasteiger partial charge in [-0.2, -0.15) is 10.5 Å². The molecule has 0 radical (unpaired) electrons. The number of hydrogen-bond acceptors (Lipinski definition) is 5. The molecule has 18 heavy (non-hydrogen) atoms. The van der Waals surface area contributed by atoms with Crippen molar-refractivity contribution in [2.45, 2.75) is 18.9 Å². The van der Waals surface area contributed by atoms with Gasteiger partial charge in [0.25, 0.3) is 0 Å². The molecule has 98 valence electrons. The molecule has 0 aliphatic rings. The molecule has 0 fully saturated rings. The van der Waals surface area contributed by atoms with Crippen LogP contribution in [0.5, 0.6) is 0 Å². The summed E-state index contributed by atoms with van der Waals surface area (Å²) in [4.78, 5) is 3.17. The first-order chi connectivity index (χ1) is 8.85. The Morgan fingerprint density at radius 3 is 2.22 bits per heavy atom. The maximum absolute atomic E-state index is 8.41. The summed E-state index contributed by atoms with van der Waals surface area (Å²) < 4.78 is 15.9. The summed E-state index contributed by atoms with van der Waals surface area (Å²) in [7, 11) is 0. The van der Waals surface area contributed by atoms with Gasteiger partial charge < -0.3 is 19.1 Å². The van der Waals surface area contributed by atoms with Crippen LogP contribution in [0.3, 0.4) is 0 Å². The van der Waals surface area contributed by atoms with Crippen molar-refractivity contribution >= 4 is 0 Å². The van der Waals surface area contributed by atoms with Crippen molar-refractivity contribution < 1.29 is 14.2 Å². The highest BCUT2D eigenvalue weighted by Gasteiger charge is 2.10. The molecular weight excluding hydrogens is 234 g/mol. The summed E-state index contributed by atoms with van der Waals surface area (Å²) in [6.07, 6.45) is 0.392. The lowest BCUT2D eigenvalue weighted by Gasteiger charge is -2.16. The second kappa shape index (κ2) is 13.4. The lowest BCUT2D eigenvalue weighted by atomic mass is 10.4. The van der Waals surface area contributed by atoms with Gasteiger partial charge in [0.1, 0.15) is 12.7 Å². The summed E-state index contributed by atoms with van der Waals surface area (Å²) in [6, 6.07) is 3.97. The van der Waals surface area contributed by atoms with Crippen LogP contribution in [-0.4, -0.2) is 45.7 Å². The fourth-order valence-electron chi connectivity index (χ4n) is 1.07. The van der Waals surface area contributed by atoms with Gasteiger partial charge in [0, 0.05) is 0 Å². The molecule has 0 saturated heterocycles. The van der Waals surface area contributed by atoms with Crippen LogP contribution in [0.25, 0.3) is 4.85 Å². The first-order valence-corrected chi connectivity index (χ1v) is 5.69. The molecule has 0 aromatic rings. The highest BCUT2D eigenvalue weighted by atomic mass is 16.6. The van der Waals surface area contributed by atoms with Crippen LogP contribution in [0, 0.1) is 29.2 Å². The summed E-state index contributed by atoms with van der Waals surface area (Å²) in [6.45, 7) is 8.62. The molecule has 0 aliphatic carbocycles. The molecule has 0 saturated carbocycles. The third-order valence-electron chi connectivity index (χ3n) is 1.88. The average molecular weight is 251 g/mol. The molecule has 0 amide bonds. The molecule has 0 N–H and O–H groups in total. The molecule has 6 nitrogen and oxygen atoms in total. The number of rotatable bonds is 11. The van der Waals surface area contributed by atoms with E-state index in [0.29, 0.717) is 52.4 Å². The Kier molecular flexibility index (Phi) is 12.2. The molecule has 1 unspecified atom stereocenters. The Bertz CT molecular complexity index is 292. The molecule has 0 rings (SSSR count). The van der Waals surface area contributed by atoms with Gasteiger partial charge in [-0.15, -0.1) is 0 Å². The van der Waals surface area contributed by atoms with Crippen molar-refractivity contribution in [3.63, 3.8) is 0 Å². The predicted octanol–water partition coefficient (Wildman–Crippen LogP) is 1.15. The van der Waals surface area contributed by atoms with Crippen LogP contribution in [0.15, 0.2) is 0 Å². The summed E-state index contributed by atoms with van der Waals surface area (Å²) in [5.74, 6) is 0. The Balaban J connectivity index is 3.74. The van der Waals surface area contributed by atoms with E-state index >= 15 is 0 Å². The zero-order valence-electron chi connectivity index (χ0n) is 10.3. The van der Waals surface area contributed by atoms with E-state index < -0.39 is 0 Å². The van der Waals surface area contributed by atoms with Crippen molar-refractivity contribution in [3.05, 3.63) is 11.4 Å². The van der Waals surface area contributed by atoms with E-state index in [1.165, 1.54) is 0 Å². The van der Waals surface area contributed by atoms with E-state index in [2.05, 4.69) is 4.85 Å². The van der Waals surface area contributed by atoms with Gasteiger partial charge in [-0.3, -0.25) is 0 Å². The zero-order chi connectivity index (χ0) is 13.5. The lowest BCUT2D eigenvalue weighted by molar-refractivity contribution is -0.0560. The molecule has 0 aromatic carbocycles. The highest BCUT2D eigenvalue weighted by molar-refractivity contribution is 4.69. The van der Waals surface area contributed by atoms with Gasteiger partial charge in [-0.1, -0.05) is 0 Å². The third-order valence-corrected chi connectivity index (χ3v) is 1.88. The van der Waals surface area contributed by atoms with Crippen LogP contribution in [0.4, 0.5) is 0 Å². The Hall–Kier alpha value is -1.65. The van der Waals surface area contributed by atoms with Gasteiger partial charge in [-0.25, -0.2) is 6.57 Å². The number of ether oxygens (including phenoxy) is 3. The molecule has 0 spiro atoms. The minimum Gasteiger partial charge on any atom is -0.378 e. The Morgan fingerprint density at radius 2 is 1.61 bits per heavy atom. The van der Waals surface area contributed by atoms with E-state index in [0.717, 1.165) is 0 Å². The van der Waals surface area contributed by atoms with Crippen molar-refractivity contribution in [3.8, 4) is 12.1 Å². The number of hydrogen-bond donors (Lipinski definition) is 0. The van der Waals surface area contributed by atoms with Gasteiger partial charge in [0.2, 0.25) is 6.54 Å². The predicted molar refractivity (Wildman–Crippen MR) is 63.3 cm³/mol. The lowest BCUT2D eigenvalue weighted by Crippen LogP contribution is -2.27. The van der Waals surface area contributed by atoms with Crippen LogP contribution < -0.4 is 0 Å². The minimum atomic E-state index is -0.261. The Labute approximate surface area is 107 Å². The first kappa shape index (κ1) is 16.4. The smallest absolute Gasteiger partial charge is 0.237 e. The molecule has 0 aliphatic heterocycles. The second-order valence-corrected chi connectivity index (χ2v) is 3.34. The SMILES string of the molecule is [C-]#[N+]CCOCC(COCCC#N)OCCC#N. The molecule has 0 aromatic heterocycles. The number of nitriles is 2. The van der Waals surface area contributed by atoms with Crippen molar-refractivity contribution in [2.24, 2.45) is 0 Å².